The molecule has 5 nitrogen and oxygen atoms in total. The highest BCUT2D eigenvalue weighted by atomic mass is 79.9. The Hall–Kier alpha value is -1.27. The Balaban J connectivity index is 2.01. The topological polar surface area (TPSA) is 69.6 Å². The van der Waals surface area contributed by atoms with Gasteiger partial charge in [0.2, 0.25) is 0 Å². The lowest BCUT2D eigenvalue weighted by Gasteiger charge is -2.11. The number of aryl methyl sites for hydroxylation is 2. The summed E-state index contributed by atoms with van der Waals surface area (Å²) in [6.45, 7) is 0. The van der Waals surface area contributed by atoms with Crippen molar-refractivity contribution in [1.29, 1.82) is 0 Å². The van der Waals surface area contributed by atoms with E-state index in [2.05, 4.69) is 31.2 Å². The summed E-state index contributed by atoms with van der Waals surface area (Å²) in [6, 6.07) is 5.80. The molecular formula is C11H14BrN5. The summed E-state index contributed by atoms with van der Waals surface area (Å²) in [5.41, 5.74) is 8.10. The second kappa shape index (κ2) is 5.37. The Morgan fingerprint density at radius 2 is 2.29 bits per heavy atom. The molecule has 0 aliphatic heterocycles. The zero-order valence-corrected chi connectivity index (χ0v) is 11.1. The van der Waals surface area contributed by atoms with E-state index in [-0.39, 0.29) is 6.04 Å². The molecule has 2 aromatic heterocycles. The van der Waals surface area contributed by atoms with Crippen LogP contribution in [0.15, 0.2) is 29.0 Å². The smallest absolute Gasteiger partial charge is 0.153 e. The fraction of sp³-hybridized carbons (Fsp3) is 0.364. The predicted octanol–water partition coefficient (Wildman–Crippen LogP) is 1.61. The second-order valence-corrected chi connectivity index (χ2v) is 4.61. The summed E-state index contributed by atoms with van der Waals surface area (Å²) in [6.07, 6.45) is 3.46. The predicted molar refractivity (Wildman–Crippen MR) is 68.2 cm³/mol. The van der Waals surface area contributed by atoms with Crippen LogP contribution in [0.2, 0.25) is 0 Å². The van der Waals surface area contributed by atoms with Crippen LogP contribution >= 0.6 is 15.9 Å². The fourth-order valence-electron chi connectivity index (χ4n) is 1.72. The van der Waals surface area contributed by atoms with Gasteiger partial charge in [-0.1, -0.05) is 11.3 Å². The van der Waals surface area contributed by atoms with Crippen molar-refractivity contribution in [3.63, 3.8) is 0 Å². The molecule has 0 saturated heterocycles. The molecule has 1 unspecified atom stereocenters. The van der Waals surface area contributed by atoms with Gasteiger partial charge >= 0.3 is 0 Å². The Labute approximate surface area is 108 Å². The number of nitrogens with two attached hydrogens (primary N) is 1. The van der Waals surface area contributed by atoms with E-state index in [0.29, 0.717) is 4.60 Å². The molecule has 2 aromatic rings. The summed E-state index contributed by atoms with van der Waals surface area (Å²) in [5.74, 6) is 0. The van der Waals surface area contributed by atoms with E-state index in [9.17, 15) is 0 Å². The number of hydrogen-bond donors (Lipinski definition) is 1. The lowest BCUT2D eigenvalue weighted by Crippen LogP contribution is -2.16. The van der Waals surface area contributed by atoms with Gasteiger partial charge in [-0.2, -0.15) is 0 Å². The quantitative estimate of drug-likeness (QED) is 0.930. The Morgan fingerprint density at radius 1 is 1.47 bits per heavy atom. The molecule has 1 atom stereocenters. The van der Waals surface area contributed by atoms with Crippen LogP contribution in [0.3, 0.4) is 0 Å². The molecule has 0 fully saturated rings. The summed E-state index contributed by atoms with van der Waals surface area (Å²) < 4.78 is 2.42. The molecule has 0 aliphatic carbocycles. The van der Waals surface area contributed by atoms with Gasteiger partial charge in [-0.3, -0.25) is 4.98 Å². The van der Waals surface area contributed by atoms with Crippen molar-refractivity contribution in [2.24, 2.45) is 12.8 Å². The fourth-order valence-corrected chi connectivity index (χ4v) is 2.34. The van der Waals surface area contributed by atoms with Crippen molar-refractivity contribution in [1.82, 2.24) is 20.0 Å². The standard InChI is InChI=1S/C11H14BrN5/c1-17-10(11(12)15-16-17)9(13)6-5-8-4-2-3-7-14-8/h2-4,7,9H,5-6,13H2,1H3. The van der Waals surface area contributed by atoms with E-state index >= 15 is 0 Å². The minimum atomic E-state index is -0.0913. The first-order valence-corrected chi connectivity index (χ1v) is 6.18. The summed E-state index contributed by atoms with van der Waals surface area (Å²) >= 11 is 3.35. The van der Waals surface area contributed by atoms with Crippen LogP contribution in [-0.2, 0) is 13.5 Å². The molecule has 90 valence electrons. The molecule has 0 radical (unpaired) electrons. The van der Waals surface area contributed by atoms with Crippen LogP contribution in [0.4, 0.5) is 0 Å². The van der Waals surface area contributed by atoms with Gasteiger partial charge in [0, 0.05) is 25.0 Å². The van der Waals surface area contributed by atoms with Gasteiger partial charge in [-0.05, 0) is 40.9 Å². The van der Waals surface area contributed by atoms with E-state index in [0.717, 1.165) is 24.2 Å². The maximum absolute atomic E-state index is 6.13. The third kappa shape index (κ3) is 2.89. The van der Waals surface area contributed by atoms with Crippen LogP contribution in [0.1, 0.15) is 23.9 Å². The average Bonchev–Trinajstić information content (AvgIpc) is 2.67. The third-order valence-electron chi connectivity index (χ3n) is 2.62. The van der Waals surface area contributed by atoms with Gasteiger partial charge in [0.25, 0.3) is 0 Å². The number of aromatic nitrogens is 4. The molecule has 0 aliphatic rings. The molecule has 2 heterocycles. The molecule has 0 spiro atoms. The molecule has 0 aromatic carbocycles. The van der Waals surface area contributed by atoms with Crippen LogP contribution in [0, 0.1) is 0 Å². The molecule has 17 heavy (non-hydrogen) atoms. The van der Waals surface area contributed by atoms with E-state index in [1.54, 1.807) is 10.9 Å². The summed E-state index contributed by atoms with van der Waals surface area (Å²) in [7, 11) is 1.84. The normalized spacial score (nSPS) is 12.6. The largest absolute Gasteiger partial charge is 0.323 e. The lowest BCUT2D eigenvalue weighted by atomic mass is 10.1. The number of nitrogens with zero attached hydrogens (tertiary/aromatic N) is 4. The van der Waals surface area contributed by atoms with Gasteiger partial charge in [0.1, 0.15) is 0 Å². The number of halogens is 1. The monoisotopic (exact) mass is 295 g/mol. The zero-order valence-electron chi connectivity index (χ0n) is 9.55. The van der Waals surface area contributed by atoms with E-state index < -0.39 is 0 Å². The average molecular weight is 296 g/mol. The van der Waals surface area contributed by atoms with Gasteiger partial charge in [0.05, 0.1) is 5.69 Å². The van der Waals surface area contributed by atoms with E-state index in [4.69, 9.17) is 5.73 Å². The number of pyridine rings is 1. The Bertz CT molecular complexity index is 462. The molecule has 0 amide bonds. The summed E-state index contributed by atoms with van der Waals surface area (Å²) in [5, 5.41) is 7.84. The first-order chi connectivity index (χ1) is 8.18. The lowest BCUT2D eigenvalue weighted by molar-refractivity contribution is 0.572. The second-order valence-electron chi connectivity index (χ2n) is 3.86. The Kier molecular flexibility index (Phi) is 3.86. The minimum absolute atomic E-state index is 0.0913. The highest BCUT2D eigenvalue weighted by Gasteiger charge is 2.16. The Morgan fingerprint density at radius 3 is 2.88 bits per heavy atom. The summed E-state index contributed by atoms with van der Waals surface area (Å²) in [4.78, 5) is 4.27. The first kappa shape index (κ1) is 12.2. The maximum atomic E-state index is 6.13. The van der Waals surface area contributed by atoms with Crippen molar-refractivity contribution in [2.75, 3.05) is 0 Å². The maximum Gasteiger partial charge on any atom is 0.153 e. The van der Waals surface area contributed by atoms with Gasteiger partial charge in [0.15, 0.2) is 4.60 Å². The highest BCUT2D eigenvalue weighted by molar-refractivity contribution is 9.10. The number of hydrogen-bond acceptors (Lipinski definition) is 4. The SMILES string of the molecule is Cn1nnc(Br)c1C(N)CCc1ccccn1. The molecule has 0 bridgehead atoms. The van der Waals surface area contributed by atoms with E-state index in [1.807, 2.05) is 25.2 Å². The molecule has 2 N–H and O–H groups in total. The molecule has 2 rings (SSSR count). The zero-order chi connectivity index (χ0) is 12.3. The van der Waals surface area contributed by atoms with Gasteiger partial charge in [-0.25, -0.2) is 4.68 Å². The van der Waals surface area contributed by atoms with E-state index in [1.165, 1.54) is 0 Å². The van der Waals surface area contributed by atoms with Crippen molar-refractivity contribution < 1.29 is 0 Å². The van der Waals surface area contributed by atoms with Gasteiger partial charge < -0.3 is 5.73 Å². The van der Waals surface area contributed by atoms with Crippen LogP contribution < -0.4 is 5.73 Å². The third-order valence-corrected chi connectivity index (χ3v) is 3.18. The van der Waals surface area contributed by atoms with Crippen molar-refractivity contribution in [2.45, 2.75) is 18.9 Å². The minimum Gasteiger partial charge on any atom is -0.323 e. The molecular weight excluding hydrogens is 282 g/mol. The van der Waals surface area contributed by atoms with Crippen LogP contribution in [0.5, 0.6) is 0 Å². The first-order valence-electron chi connectivity index (χ1n) is 5.39. The number of rotatable bonds is 4. The van der Waals surface area contributed by atoms with Crippen molar-refractivity contribution >= 4 is 15.9 Å². The highest BCUT2D eigenvalue weighted by Crippen LogP contribution is 2.21. The van der Waals surface area contributed by atoms with Crippen LogP contribution in [-0.4, -0.2) is 20.0 Å². The molecule has 6 heteroatoms. The van der Waals surface area contributed by atoms with Crippen molar-refractivity contribution in [3.05, 3.63) is 40.4 Å². The van der Waals surface area contributed by atoms with Gasteiger partial charge in [-0.15, -0.1) is 5.10 Å². The van der Waals surface area contributed by atoms with Crippen LogP contribution in [0.25, 0.3) is 0 Å². The van der Waals surface area contributed by atoms with Crippen molar-refractivity contribution in [3.8, 4) is 0 Å². The molecule has 0 saturated carbocycles.